The van der Waals surface area contributed by atoms with Crippen molar-refractivity contribution in [2.45, 2.75) is 6.42 Å². The molecule has 94 valence electrons. The van der Waals surface area contributed by atoms with Crippen molar-refractivity contribution in [1.29, 1.82) is 0 Å². The van der Waals surface area contributed by atoms with Crippen LogP contribution in [0.4, 0.5) is 5.69 Å². The number of benzene rings is 1. The van der Waals surface area contributed by atoms with Gasteiger partial charge >= 0.3 is 5.97 Å². The first-order chi connectivity index (χ1) is 8.68. The number of carbonyl (C=O) groups is 1. The molecule has 18 heavy (non-hydrogen) atoms. The number of anilines is 1. The van der Waals surface area contributed by atoms with E-state index in [1.807, 2.05) is 18.2 Å². The van der Waals surface area contributed by atoms with Crippen molar-refractivity contribution in [2.24, 2.45) is 0 Å². The molecule has 1 aromatic carbocycles. The molecule has 2 rings (SSSR count). The molecule has 1 aromatic rings. The third-order valence-electron chi connectivity index (χ3n) is 2.80. The van der Waals surface area contributed by atoms with Crippen LogP contribution in [0.1, 0.15) is 12.0 Å². The van der Waals surface area contributed by atoms with Gasteiger partial charge in [-0.3, -0.25) is 0 Å². The molecule has 0 radical (unpaired) electrons. The monoisotopic (exact) mass is 263 g/mol. The average Bonchev–Trinajstić information content (AvgIpc) is 2.37. The number of hydrogen-bond donors (Lipinski definition) is 1. The molecule has 0 aromatic heterocycles. The molecule has 3 nitrogen and oxygen atoms in total. The molecule has 0 saturated heterocycles. The van der Waals surface area contributed by atoms with E-state index < -0.39 is 5.97 Å². The number of aliphatic carboxylic acids is 1. The van der Waals surface area contributed by atoms with Gasteiger partial charge < -0.3 is 10.0 Å². The summed E-state index contributed by atoms with van der Waals surface area (Å²) in [4.78, 5) is 12.8. The van der Waals surface area contributed by atoms with E-state index in [0.29, 0.717) is 5.02 Å². The lowest BCUT2D eigenvalue weighted by atomic mass is 10.1. The van der Waals surface area contributed by atoms with Crippen LogP contribution in [0.15, 0.2) is 36.4 Å². The topological polar surface area (TPSA) is 40.5 Å². The molecule has 4 heteroatoms. The molecule has 1 N–H and O–H groups in total. The van der Waals surface area contributed by atoms with Gasteiger partial charge in [0.05, 0.1) is 10.7 Å². The number of para-hydroxylation sites is 1. The molecular formula is C14H14ClNO2. The second-order valence-electron chi connectivity index (χ2n) is 4.06. The molecule has 0 aliphatic carbocycles. The summed E-state index contributed by atoms with van der Waals surface area (Å²) in [5, 5.41) is 9.35. The van der Waals surface area contributed by atoms with Crippen LogP contribution in [0.2, 0.25) is 5.02 Å². The van der Waals surface area contributed by atoms with Crippen molar-refractivity contribution in [3.05, 3.63) is 47.0 Å². The molecule has 0 saturated carbocycles. The molecule has 1 aliphatic rings. The minimum Gasteiger partial charge on any atom is -0.478 e. The van der Waals surface area contributed by atoms with E-state index in [1.54, 1.807) is 6.08 Å². The smallest absolute Gasteiger partial charge is 0.328 e. The van der Waals surface area contributed by atoms with E-state index in [4.69, 9.17) is 16.7 Å². The zero-order valence-electron chi connectivity index (χ0n) is 9.84. The summed E-state index contributed by atoms with van der Waals surface area (Å²) >= 11 is 6.23. The van der Waals surface area contributed by atoms with Gasteiger partial charge in [-0.05, 0) is 24.1 Å². The molecule has 0 unspecified atom stereocenters. The number of nitrogens with zero attached hydrogens (tertiary/aromatic N) is 1. The minimum absolute atomic E-state index is 0.651. The van der Waals surface area contributed by atoms with Gasteiger partial charge in [0, 0.05) is 19.2 Å². The van der Waals surface area contributed by atoms with Crippen LogP contribution in [0, 0.1) is 0 Å². The zero-order chi connectivity index (χ0) is 13.0. The van der Waals surface area contributed by atoms with Gasteiger partial charge in [-0.15, -0.1) is 0 Å². The SMILES string of the molecule is O=C(O)/C=C/c1cccc(Cl)c1N1CC=CCC1. The summed E-state index contributed by atoms with van der Waals surface area (Å²) in [7, 11) is 0. The van der Waals surface area contributed by atoms with E-state index in [9.17, 15) is 4.79 Å². The molecule has 1 aliphatic heterocycles. The molecular weight excluding hydrogens is 250 g/mol. The lowest BCUT2D eigenvalue weighted by Gasteiger charge is -2.28. The number of hydrogen-bond acceptors (Lipinski definition) is 2. The third-order valence-corrected chi connectivity index (χ3v) is 3.10. The van der Waals surface area contributed by atoms with Crippen molar-refractivity contribution in [3.8, 4) is 0 Å². The predicted octanol–water partition coefficient (Wildman–Crippen LogP) is 3.20. The van der Waals surface area contributed by atoms with Crippen molar-refractivity contribution in [3.63, 3.8) is 0 Å². The fourth-order valence-electron chi connectivity index (χ4n) is 2.01. The van der Waals surface area contributed by atoms with Gasteiger partial charge in [0.1, 0.15) is 0 Å². The van der Waals surface area contributed by atoms with Crippen molar-refractivity contribution < 1.29 is 9.90 Å². The van der Waals surface area contributed by atoms with E-state index in [-0.39, 0.29) is 0 Å². The van der Waals surface area contributed by atoms with E-state index in [0.717, 1.165) is 36.8 Å². The Morgan fingerprint density at radius 3 is 2.89 bits per heavy atom. The van der Waals surface area contributed by atoms with Crippen LogP contribution < -0.4 is 4.90 Å². The van der Waals surface area contributed by atoms with Gasteiger partial charge in [0.25, 0.3) is 0 Å². The Hall–Kier alpha value is -1.74. The second kappa shape index (κ2) is 5.74. The van der Waals surface area contributed by atoms with Crippen LogP contribution in [0.3, 0.4) is 0 Å². The Morgan fingerprint density at radius 2 is 2.22 bits per heavy atom. The van der Waals surface area contributed by atoms with Crippen molar-refractivity contribution in [1.82, 2.24) is 0 Å². The van der Waals surface area contributed by atoms with Crippen LogP contribution >= 0.6 is 11.6 Å². The summed E-state index contributed by atoms with van der Waals surface area (Å²) < 4.78 is 0. The summed E-state index contributed by atoms with van der Waals surface area (Å²) in [5.74, 6) is -0.959. The second-order valence-corrected chi connectivity index (χ2v) is 4.46. The minimum atomic E-state index is -0.959. The molecule has 0 spiro atoms. The van der Waals surface area contributed by atoms with E-state index in [2.05, 4.69) is 17.1 Å². The quantitative estimate of drug-likeness (QED) is 0.672. The predicted molar refractivity (Wildman–Crippen MR) is 74.1 cm³/mol. The van der Waals surface area contributed by atoms with Crippen LogP contribution in [0.5, 0.6) is 0 Å². The first kappa shape index (κ1) is 12.7. The highest BCUT2D eigenvalue weighted by Crippen LogP contribution is 2.31. The van der Waals surface area contributed by atoms with Crippen molar-refractivity contribution >= 4 is 29.3 Å². The Bertz CT molecular complexity index is 509. The van der Waals surface area contributed by atoms with Gasteiger partial charge in [-0.25, -0.2) is 4.79 Å². The Morgan fingerprint density at radius 1 is 1.39 bits per heavy atom. The number of carboxylic acid groups (broad SMARTS) is 1. The van der Waals surface area contributed by atoms with Gasteiger partial charge in [0.15, 0.2) is 0 Å². The number of halogens is 1. The maximum atomic E-state index is 10.6. The first-order valence-electron chi connectivity index (χ1n) is 5.78. The summed E-state index contributed by atoms with van der Waals surface area (Å²) in [5.41, 5.74) is 1.74. The normalized spacial score (nSPS) is 15.3. The van der Waals surface area contributed by atoms with Gasteiger partial charge in [-0.2, -0.15) is 0 Å². The third kappa shape index (κ3) is 2.93. The number of carboxylic acids is 1. The summed E-state index contributed by atoms with van der Waals surface area (Å²) in [6.07, 6.45) is 7.93. The van der Waals surface area contributed by atoms with Crippen molar-refractivity contribution in [2.75, 3.05) is 18.0 Å². The van der Waals surface area contributed by atoms with Gasteiger partial charge in [-0.1, -0.05) is 35.9 Å². The van der Waals surface area contributed by atoms with E-state index in [1.165, 1.54) is 0 Å². The van der Waals surface area contributed by atoms with Crippen LogP contribution in [-0.4, -0.2) is 24.2 Å². The van der Waals surface area contributed by atoms with Gasteiger partial charge in [0.2, 0.25) is 0 Å². The Labute approximate surface area is 111 Å². The first-order valence-corrected chi connectivity index (χ1v) is 6.16. The number of rotatable bonds is 3. The summed E-state index contributed by atoms with van der Waals surface area (Å²) in [6, 6.07) is 5.53. The zero-order valence-corrected chi connectivity index (χ0v) is 10.6. The Balaban J connectivity index is 2.37. The highest BCUT2D eigenvalue weighted by atomic mass is 35.5. The van der Waals surface area contributed by atoms with Crippen LogP contribution in [-0.2, 0) is 4.79 Å². The molecule has 0 amide bonds. The highest BCUT2D eigenvalue weighted by Gasteiger charge is 2.14. The average molecular weight is 264 g/mol. The molecule has 1 heterocycles. The maximum Gasteiger partial charge on any atom is 0.328 e. The highest BCUT2D eigenvalue weighted by molar-refractivity contribution is 6.33. The van der Waals surface area contributed by atoms with E-state index >= 15 is 0 Å². The largest absolute Gasteiger partial charge is 0.478 e. The summed E-state index contributed by atoms with van der Waals surface area (Å²) in [6.45, 7) is 1.70. The molecule has 0 atom stereocenters. The molecule has 0 bridgehead atoms. The lowest BCUT2D eigenvalue weighted by Crippen LogP contribution is -2.27. The lowest BCUT2D eigenvalue weighted by molar-refractivity contribution is -0.131. The fourth-order valence-corrected chi connectivity index (χ4v) is 2.31. The van der Waals surface area contributed by atoms with Crippen LogP contribution in [0.25, 0.3) is 6.08 Å². The standard InChI is InChI=1S/C14H14ClNO2/c15-12-6-4-5-11(7-8-13(17)18)14(12)16-9-2-1-3-10-16/h1-2,4-8H,3,9-10H2,(H,17,18)/b8-7+. The Kier molecular flexibility index (Phi) is 4.05. The fraction of sp³-hybridized carbons (Fsp3) is 0.214. The molecule has 0 fully saturated rings. The maximum absolute atomic E-state index is 10.6.